The van der Waals surface area contributed by atoms with E-state index in [-0.39, 0.29) is 5.95 Å². The van der Waals surface area contributed by atoms with E-state index in [1.807, 2.05) is 36.4 Å². The second-order valence-electron chi connectivity index (χ2n) is 4.34. The Balaban J connectivity index is 1.84. The Morgan fingerprint density at radius 2 is 1.52 bits per heavy atom. The predicted molar refractivity (Wildman–Crippen MR) is 84.7 cm³/mol. The van der Waals surface area contributed by atoms with Crippen molar-refractivity contribution in [3.05, 3.63) is 55.0 Å². The summed E-state index contributed by atoms with van der Waals surface area (Å²) >= 11 is 1.68. The van der Waals surface area contributed by atoms with Gasteiger partial charge in [-0.3, -0.25) is 4.98 Å². The number of aromatic nitrogens is 3. The highest BCUT2D eigenvalue weighted by molar-refractivity contribution is 7.99. The summed E-state index contributed by atoms with van der Waals surface area (Å²) in [5.41, 5.74) is 13.1. The van der Waals surface area contributed by atoms with E-state index < -0.39 is 0 Å². The molecule has 0 unspecified atom stereocenters. The van der Waals surface area contributed by atoms with Crippen LogP contribution in [-0.4, -0.2) is 15.0 Å². The molecule has 4 N–H and O–H groups in total. The summed E-state index contributed by atoms with van der Waals surface area (Å²) in [4.78, 5) is 14.2. The van der Waals surface area contributed by atoms with Gasteiger partial charge in [-0.2, -0.15) is 4.98 Å². The maximum atomic E-state index is 5.87. The first-order chi connectivity index (χ1) is 10.2. The Kier molecular flexibility index (Phi) is 3.70. The van der Waals surface area contributed by atoms with Gasteiger partial charge in [0.25, 0.3) is 0 Å². The van der Waals surface area contributed by atoms with Crippen molar-refractivity contribution in [3.8, 4) is 11.1 Å². The second kappa shape index (κ2) is 5.80. The van der Waals surface area contributed by atoms with Gasteiger partial charge in [-0.15, -0.1) is 0 Å². The predicted octanol–water partition coefficient (Wildman–Crippen LogP) is 2.85. The lowest BCUT2D eigenvalue weighted by molar-refractivity contribution is 1.20. The molecule has 104 valence electrons. The van der Waals surface area contributed by atoms with Crippen LogP contribution in [0.25, 0.3) is 11.1 Å². The molecule has 6 heteroatoms. The van der Waals surface area contributed by atoms with Gasteiger partial charge in [-0.25, -0.2) is 4.98 Å². The fourth-order valence-corrected chi connectivity index (χ4v) is 2.68. The highest BCUT2D eigenvalue weighted by atomic mass is 32.2. The zero-order valence-electron chi connectivity index (χ0n) is 11.1. The Bertz CT molecular complexity index is 744. The van der Waals surface area contributed by atoms with Crippen molar-refractivity contribution < 1.29 is 0 Å². The van der Waals surface area contributed by atoms with Crippen LogP contribution >= 0.6 is 11.8 Å². The van der Waals surface area contributed by atoms with Gasteiger partial charge in [0.2, 0.25) is 5.95 Å². The molecule has 0 bridgehead atoms. The van der Waals surface area contributed by atoms with E-state index in [1.54, 1.807) is 30.4 Å². The maximum absolute atomic E-state index is 5.87. The van der Waals surface area contributed by atoms with Gasteiger partial charge in [0.1, 0.15) is 5.82 Å². The number of rotatable bonds is 3. The van der Waals surface area contributed by atoms with Gasteiger partial charge in [0.05, 0.1) is 0 Å². The van der Waals surface area contributed by atoms with Crippen LogP contribution in [0.5, 0.6) is 0 Å². The van der Waals surface area contributed by atoms with Crippen molar-refractivity contribution in [2.24, 2.45) is 0 Å². The summed E-state index contributed by atoms with van der Waals surface area (Å²) in [6, 6.07) is 12.0. The summed E-state index contributed by atoms with van der Waals surface area (Å²) in [6.07, 6.45) is 5.20. The number of hydrogen-bond acceptors (Lipinski definition) is 6. The number of hydrogen-bond donors (Lipinski definition) is 2. The molecule has 0 amide bonds. The molecular formula is C15H13N5S. The lowest BCUT2D eigenvalue weighted by atomic mass is 10.1. The standard InChI is InChI=1S/C15H13N5S/c16-14-13(9-19-15(17)20-14)10-1-3-11(4-2-10)21-12-5-7-18-8-6-12/h1-9H,(H4,16,17,19,20). The van der Waals surface area contributed by atoms with Crippen LogP contribution in [0.2, 0.25) is 0 Å². The third-order valence-electron chi connectivity index (χ3n) is 2.89. The minimum Gasteiger partial charge on any atom is -0.383 e. The van der Waals surface area contributed by atoms with Gasteiger partial charge in [0, 0.05) is 33.9 Å². The average Bonchev–Trinajstić information content (AvgIpc) is 2.49. The van der Waals surface area contributed by atoms with Gasteiger partial charge in [-0.05, 0) is 29.8 Å². The van der Waals surface area contributed by atoms with Crippen LogP contribution in [0.4, 0.5) is 11.8 Å². The van der Waals surface area contributed by atoms with Gasteiger partial charge < -0.3 is 11.5 Å². The number of nitrogens with two attached hydrogens (primary N) is 2. The highest BCUT2D eigenvalue weighted by Crippen LogP contribution is 2.30. The maximum Gasteiger partial charge on any atom is 0.221 e. The van der Waals surface area contributed by atoms with E-state index in [0.29, 0.717) is 5.82 Å². The first kappa shape index (κ1) is 13.4. The first-order valence-electron chi connectivity index (χ1n) is 6.29. The van der Waals surface area contributed by atoms with Crippen molar-refractivity contribution in [3.63, 3.8) is 0 Å². The van der Waals surface area contributed by atoms with Crippen molar-refractivity contribution >= 4 is 23.5 Å². The fraction of sp³-hybridized carbons (Fsp3) is 0. The summed E-state index contributed by atoms with van der Waals surface area (Å²) in [5, 5.41) is 0. The van der Waals surface area contributed by atoms with E-state index in [9.17, 15) is 0 Å². The number of anilines is 2. The average molecular weight is 295 g/mol. The molecule has 0 aliphatic carbocycles. The molecule has 5 nitrogen and oxygen atoms in total. The molecule has 3 rings (SSSR count). The number of nitrogen functional groups attached to an aromatic ring is 2. The molecule has 0 radical (unpaired) electrons. The third-order valence-corrected chi connectivity index (χ3v) is 3.90. The number of benzene rings is 1. The Labute approximate surface area is 126 Å². The summed E-state index contributed by atoms with van der Waals surface area (Å²) in [7, 11) is 0. The normalized spacial score (nSPS) is 10.5. The Morgan fingerprint density at radius 3 is 2.19 bits per heavy atom. The monoisotopic (exact) mass is 295 g/mol. The highest BCUT2D eigenvalue weighted by Gasteiger charge is 2.06. The van der Waals surface area contributed by atoms with Crippen LogP contribution in [0, 0.1) is 0 Å². The zero-order chi connectivity index (χ0) is 14.7. The largest absolute Gasteiger partial charge is 0.383 e. The van der Waals surface area contributed by atoms with Crippen LogP contribution in [0.15, 0.2) is 64.8 Å². The van der Waals surface area contributed by atoms with Gasteiger partial charge in [0.15, 0.2) is 0 Å². The molecule has 1 aromatic carbocycles. The molecule has 0 aliphatic heterocycles. The Morgan fingerprint density at radius 1 is 0.857 bits per heavy atom. The van der Waals surface area contributed by atoms with Crippen LogP contribution < -0.4 is 11.5 Å². The molecule has 2 heterocycles. The molecule has 21 heavy (non-hydrogen) atoms. The topological polar surface area (TPSA) is 90.7 Å². The van der Waals surface area contributed by atoms with Crippen LogP contribution in [0.1, 0.15) is 0 Å². The molecule has 0 spiro atoms. The smallest absolute Gasteiger partial charge is 0.221 e. The molecule has 0 atom stereocenters. The summed E-state index contributed by atoms with van der Waals surface area (Å²) in [6.45, 7) is 0. The second-order valence-corrected chi connectivity index (χ2v) is 5.48. The molecule has 3 aromatic rings. The molecular weight excluding hydrogens is 282 g/mol. The molecule has 0 saturated carbocycles. The lowest BCUT2D eigenvalue weighted by Crippen LogP contribution is -2.00. The molecule has 0 fully saturated rings. The van der Waals surface area contributed by atoms with Crippen molar-refractivity contribution in [2.45, 2.75) is 9.79 Å². The first-order valence-corrected chi connectivity index (χ1v) is 7.10. The third kappa shape index (κ3) is 3.11. The van der Waals surface area contributed by atoms with E-state index in [0.717, 1.165) is 20.9 Å². The fourth-order valence-electron chi connectivity index (χ4n) is 1.88. The summed E-state index contributed by atoms with van der Waals surface area (Å²) < 4.78 is 0. The minimum atomic E-state index is 0.182. The van der Waals surface area contributed by atoms with E-state index in [4.69, 9.17) is 11.5 Å². The molecule has 0 saturated heterocycles. The quantitative estimate of drug-likeness (QED) is 0.772. The summed E-state index contributed by atoms with van der Waals surface area (Å²) in [5.74, 6) is 0.568. The van der Waals surface area contributed by atoms with E-state index in [2.05, 4.69) is 15.0 Å². The van der Waals surface area contributed by atoms with Crippen molar-refractivity contribution in [1.29, 1.82) is 0 Å². The number of pyridine rings is 1. The minimum absolute atomic E-state index is 0.182. The van der Waals surface area contributed by atoms with Crippen molar-refractivity contribution in [1.82, 2.24) is 15.0 Å². The van der Waals surface area contributed by atoms with Gasteiger partial charge in [-0.1, -0.05) is 23.9 Å². The van der Waals surface area contributed by atoms with Crippen LogP contribution in [0.3, 0.4) is 0 Å². The van der Waals surface area contributed by atoms with Crippen LogP contribution in [-0.2, 0) is 0 Å². The molecule has 2 aromatic heterocycles. The van der Waals surface area contributed by atoms with Crippen molar-refractivity contribution in [2.75, 3.05) is 11.5 Å². The lowest BCUT2D eigenvalue weighted by Gasteiger charge is -2.06. The SMILES string of the molecule is Nc1ncc(-c2ccc(Sc3ccncc3)cc2)c(N)n1. The van der Waals surface area contributed by atoms with E-state index >= 15 is 0 Å². The number of nitrogens with zero attached hydrogens (tertiary/aromatic N) is 3. The molecule has 0 aliphatic rings. The van der Waals surface area contributed by atoms with E-state index in [1.165, 1.54) is 0 Å². The van der Waals surface area contributed by atoms with Gasteiger partial charge >= 0.3 is 0 Å². The Hall–Kier alpha value is -2.60. The zero-order valence-corrected chi connectivity index (χ0v) is 11.9.